The second-order valence-corrected chi connectivity index (χ2v) is 5.54. The Balaban J connectivity index is 1.66. The van der Waals surface area contributed by atoms with Crippen molar-refractivity contribution in [1.29, 1.82) is 0 Å². The smallest absolute Gasteiger partial charge is 0.0390 e. The number of fused-ring (bicyclic) bond motifs is 2. The van der Waals surface area contributed by atoms with E-state index in [1.54, 1.807) is 0 Å². The van der Waals surface area contributed by atoms with Crippen molar-refractivity contribution in [2.24, 2.45) is 0 Å². The highest BCUT2D eigenvalue weighted by atomic mass is 14.9. The second kappa shape index (κ2) is 5.10. The third kappa shape index (κ3) is 2.43. The zero-order valence-electron chi connectivity index (χ0n) is 11.8. The highest BCUT2D eigenvalue weighted by molar-refractivity contribution is 5.86. The van der Waals surface area contributed by atoms with Crippen LogP contribution in [0.25, 0.3) is 16.8 Å². The molecule has 1 nitrogen and oxygen atoms in total. The lowest BCUT2D eigenvalue weighted by atomic mass is 9.97. The summed E-state index contributed by atoms with van der Waals surface area (Å²) in [5, 5.41) is 6.07. The van der Waals surface area contributed by atoms with E-state index in [0.717, 1.165) is 18.5 Å². The summed E-state index contributed by atoms with van der Waals surface area (Å²) in [5.74, 6) is 0. The van der Waals surface area contributed by atoms with Gasteiger partial charge in [0, 0.05) is 11.4 Å². The number of allylic oxidation sites excluding steroid dienone is 1. The third-order valence-electron chi connectivity index (χ3n) is 4.06. The van der Waals surface area contributed by atoms with Crippen LogP contribution in [0.5, 0.6) is 0 Å². The van der Waals surface area contributed by atoms with Gasteiger partial charge in [-0.3, -0.25) is 0 Å². The van der Waals surface area contributed by atoms with Gasteiger partial charge < -0.3 is 5.32 Å². The van der Waals surface area contributed by atoms with Crippen molar-refractivity contribution in [2.45, 2.75) is 12.8 Å². The molecule has 0 bridgehead atoms. The van der Waals surface area contributed by atoms with Gasteiger partial charge in [0.2, 0.25) is 0 Å². The van der Waals surface area contributed by atoms with E-state index in [9.17, 15) is 0 Å². The highest BCUT2D eigenvalue weighted by Gasteiger charge is 2.05. The zero-order chi connectivity index (χ0) is 14.1. The minimum Gasteiger partial charge on any atom is -0.356 e. The average molecular weight is 271 g/mol. The predicted molar refractivity (Wildman–Crippen MR) is 91.0 cm³/mol. The summed E-state index contributed by atoms with van der Waals surface area (Å²) in [6.07, 6.45) is 6.75. The summed E-state index contributed by atoms with van der Waals surface area (Å²) in [7, 11) is 0. The summed E-state index contributed by atoms with van der Waals surface area (Å²) >= 11 is 0. The molecule has 0 spiro atoms. The fourth-order valence-electron chi connectivity index (χ4n) is 2.95. The number of nitrogens with one attached hydrogen (secondary N) is 1. The zero-order valence-corrected chi connectivity index (χ0v) is 11.8. The Kier molecular flexibility index (Phi) is 2.97. The molecule has 0 radical (unpaired) electrons. The minimum absolute atomic E-state index is 1.14. The summed E-state index contributed by atoms with van der Waals surface area (Å²) in [6, 6.07) is 21.6. The van der Waals surface area contributed by atoms with Gasteiger partial charge >= 0.3 is 0 Å². The lowest BCUT2D eigenvalue weighted by Crippen LogP contribution is -1.97. The summed E-state index contributed by atoms with van der Waals surface area (Å²) in [4.78, 5) is 0. The number of aryl methyl sites for hydroxylation is 1. The SMILES string of the molecule is C1=Cc2ccc(Nc3ccc4ccccc4c3)cc2CC1. The molecule has 0 saturated carbocycles. The van der Waals surface area contributed by atoms with E-state index < -0.39 is 0 Å². The molecule has 0 amide bonds. The van der Waals surface area contributed by atoms with Crippen molar-refractivity contribution in [1.82, 2.24) is 0 Å². The van der Waals surface area contributed by atoms with Crippen LogP contribution in [0.15, 0.2) is 66.7 Å². The fraction of sp³-hybridized carbons (Fsp3) is 0.100. The highest BCUT2D eigenvalue weighted by Crippen LogP contribution is 2.26. The van der Waals surface area contributed by atoms with E-state index in [1.807, 2.05) is 0 Å². The molecule has 4 rings (SSSR count). The maximum atomic E-state index is 3.52. The quantitative estimate of drug-likeness (QED) is 0.645. The number of rotatable bonds is 2. The van der Waals surface area contributed by atoms with Gasteiger partial charge in [0.15, 0.2) is 0 Å². The monoisotopic (exact) mass is 271 g/mol. The van der Waals surface area contributed by atoms with Crippen LogP contribution in [0.3, 0.4) is 0 Å². The molecule has 0 aliphatic heterocycles. The molecule has 21 heavy (non-hydrogen) atoms. The summed E-state index contributed by atoms with van der Waals surface area (Å²) in [5.41, 5.74) is 5.09. The molecule has 1 aliphatic rings. The van der Waals surface area contributed by atoms with E-state index in [4.69, 9.17) is 0 Å². The molecule has 102 valence electrons. The fourth-order valence-corrected chi connectivity index (χ4v) is 2.95. The third-order valence-corrected chi connectivity index (χ3v) is 4.06. The lowest BCUT2D eigenvalue weighted by Gasteiger charge is -2.14. The molecular weight excluding hydrogens is 254 g/mol. The Morgan fingerprint density at radius 1 is 0.762 bits per heavy atom. The van der Waals surface area contributed by atoms with Crippen molar-refractivity contribution >= 4 is 28.2 Å². The molecule has 1 heteroatoms. The van der Waals surface area contributed by atoms with Crippen LogP contribution in [0.2, 0.25) is 0 Å². The number of hydrogen-bond donors (Lipinski definition) is 1. The molecule has 0 fully saturated rings. The first-order chi connectivity index (χ1) is 10.4. The van der Waals surface area contributed by atoms with Gasteiger partial charge in [0.25, 0.3) is 0 Å². The van der Waals surface area contributed by atoms with E-state index >= 15 is 0 Å². The van der Waals surface area contributed by atoms with Gasteiger partial charge in [0.05, 0.1) is 0 Å². The topological polar surface area (TPSA) is 12.0 Å². The Hall–Kier alpha value is -2.54. The van der Waals surface area contributed by atoms with Crippen LogP contribution >= 0.6 is 0 Å². The molecule has 0 aromatic heterocycles. The van der Waals surface area contributed by atoms with Crippen molar-refractivity contribution in [3.63, 3.8) is 0 Å². The normalized spacial score (nSPS) is 13.1. The Morgan fingerprint density at radius 3 is 2.52 bits per heavy atom. The molecule has 3 aromatic carbocycles. The van der Waals surface area contributed by atoms with Crippen LogP contribution in [0, 0.1) is 0 Å². The van der Waals surface area contributed by atoms with E-state index in [1.165, 1.54) is 27.6 Å². The van der Waals surface area contributed by atoms with Gasteiger partial charge in [-0.25, -0.2) is 0 Å². The van der Waals surface area contributed by atoms with Crippen molar-refractivity contribution < 1.29 is 0 Å². The Labute approximate surface area is 124 Å². The average Bonchev–Trinajstić information content (AvgIpc) is 2.55. The molecule has 0 unspecified atom stereocenters. The second-order valence-electron chi connectivity index (χ2n) is 5.54. The number of benzene rings is 3. The Bertz CT molecular complexity index is 830. The standard InChI is InChI=1S/C20H17N/c1-3-7-17-13-19(11-9-15(17)5-1)21-20-12-10-16-6-2-4-8-18(16)14-20/h1-3,5-7,9-14,21H,4,8H2. The van der Waals surface area contributed by atoms with Crippen LogP contribution in [-0.2, 0) is 6.42 Å². The number of hydrogen-bond acceptors (Lipinski definition) is 1. The van der Waals surface area contributed by atoms with Gasteiger partial charge in [-0.2, -0.15) is 0 Å². The van der Waals surface area contributed by atoms with Crippen molar-refractivity contribution in [3.8, 4) is 0 Å². The van der Waals surface area contributed by atoms with E-state index in [2.05, 4.69) is 78.1 Å². The van der Waals surface area contributed by atoms with Crippen LogP contribution in [0.1, 0.15) is 17.5 Å². The molecular formula is C20H17N. The van der Waals surface area contributed by atoms with Crippen LogP contribution in [0.4, 0.5) is 11.4 Å². The molecule has 0 atom stereocenters. The van der Waals surface area contributed by atoms with Gasteiger partial charge in [-0.1, -0.05) is 48.6 Å². The largest absolute Gasteiger partial charge is 0.356 e. The van der Waals surface area contributed by atoms with E-state index in [0.29, 0.717) is 0 Å². The summed E-state index contributed by atoms with van der Waals surface area (Å²) in [6.45, 7) is 0. The first-order valence-corrected chi connectivity index (χ1v) is 7.44. The van der Waals surface area contributed by atoms with Crippen LogP contribution in [-0.4, -0.2) is 0 Å². The molecule has 0 heterocycles. The maximum absolute atomic E-state index is 3.52. The number of anilines is 2. The van der Waals surface area contributed by atoms with Crippen molar-refractivity contribution in [3.05, 3.63) is 77.9 Å². The molecule has 1 N–H and O–H groups in total. The van der Waals surface area contributed by atoms with Gasteiger partial charge in [-0.05, 0) is 59.0 Å². The van der Waals surface area contributed by atoms with Gasteiger partial charge in [0.1, 0.15) is 0 Å². The molecule has 0 saturated heterocycles. The molecule has 3 aromatic rings. The van der Waals surface area contributed by atoms with Gasteiger partial charge in [-0.15, -0.1) is 0 Å². The summed E-state index contributed by atoms with van der Waals surface area (Å²) < 4.78 is 0. The van der Waals surface area contributed by atoms with E-state index in [-0.39, 0.29) is 0 Å². The first-order valence-electron chi connectivity index (χ1n) is 7.44. The predicted octanol–water partition coefficient (Wildman–Crippen LogP) is 5.54. The van der Waals surface area contributed by atoms with Crippen LogP contribution < -0.4 is 5.32 Å². The lowest BCUT2D eigenvalue weighted by molar-refractivity contribution is 0.986. The maximum Gasteiger partial charge on any atom is 0.0390 e. The molecule has 1 aliphatic carbocycles. The Morgan fingerprint density at radius 2 is 1.57 bits per heavy atom. The van der Waals surface area contributed by atoms with Crippen molar-refractivity contribution in [2.75, 3.05) is 5.32 Å². The minimum atomic E-state index is 1.14. The first kappa shape index (κ1) is 12.2.